The number of benzene rings is 1. The predicted molar refractivity (Wildman–Crippen MR) is 70.2 cm³/mol. The molecule has 5 heteroatoms. The monoisotopic (exact) mass is 299 g/mol. The SMILES string of the molecule is CCC(N)(CC)c1nc2cc(Br)c(F)cc2[nH]1. The number of fused-ring (bicyclic) bond motifs is 1. The Morgan fingerprint density at radius 3 is 2.65 bits per heavy atom. The molecule has 0 spiro atoms. The van der Waals surface area contributed by atoms with E-state index in [9.17, 15) is 4.39 Å². The van der Waals surface area contributed by atoms with Crippen molar-refractivity contribution >= 4 is 27.0 Å². The third kappa shape index (κ3) is 2.09. The molecule has 0 saturated carbocycles. The van der Waals surface area contributed by atoms with Crippen molar-refractivity contribution in [2.24, 2.45) is 5.73 Å². The number of hydrogen-bond acceptors (Lipinski definition) is 2. The second kappa shape index (κ2) is 4.38. The lowest BCUT2D eigenvalue weighted by Crippen LogP contribution is -2.36. The molecule has 1 heterocycles. The molecule has 0 saturated heterocycles. The van der Waals surface area contributed by atoms with Crippen LogP contribution in [-0.2, 0) is 5.54 Å². The summed E-state index contributed by atoms with van der Waals surface area (Å²) >= 11 is 3.15. The van der Waals surface area contributed by atoms with Crippen molar-refractivity contribution in [1.29, 1.82) is 0 Å². The van der Waals surface area contributed by atoms with Gasteiger partial charge in [0.15, 0.2) is 0 Å². The number of nitrogens with one attached hydrogen (secondary N) is 1. The molecule has 17 heavy (non-hydrogen) atoms. The Balaban J connectivity index is 2.58. The Kier molecular flexibility index (Phi) is 3.23. The molecule has 0 unspecified atom stereocenters. The summed E-state index contributed by atoms with van der Waals surface area (Å²) in [4.78, 5) is 7.56. The van der Waals surface area contributed by atoms with Gasteiger partial charge in [0, 0.05) is 6.07 Å². The molecule has 3 nitrogen and oxygen atoms in total. The number of aromatic amines is 1. The zero-order valence-corrected chi connectivity index (χ0v) is 11.4. The summed E-state index contributed by atoms with van der Waals surface area (Å²) in [6, 6.07) is 3.10. The minimum absolute atomic E-state index is 0.302. The lowest BCUT2D eigenvalue weighted by atomic mass is 9.93. The van der Waals surface area contributed by atoms with Gasteiger partial charge in [0.2, 0.25) is 0 Å². The van der Waals surface area contributed by atoms with E-state index in [1.807, 2.05) is 13.8 Å². The maximum Gasteiger partial charge on any atom is 0.139 e. The largest absolute Gasteiger partial charge is 0.340 e. The zero-order valence-electron chi connectivity index (χ0n) is 9.85. The topological polar surface area (TPSA) is 54.7 Å². The maximum absolute atomic E-state index is 13.4. The molecule has 0 atom stereocenters. The van der Waals surface area contributed by atoms with Gasteiger partial charge in [-0.25, -0.2) is 9.37 Å². The van der Waals surface area contributed by atoms with E-state index in [1.165, 1.54) is 6.07 Å². The highest BCUT2D eigenvalue weighted by Crippen LogP contribution is 2.27. The molecule has 3 N–H and O–H groups in total. The van der Waals surface area contributed by atoms with Gasteiger partial charge in [-0.3, -0.25) is 0 Å². The van der Waals surface area contributed by atoms with Crippen molar-refractivity contribution in [2.45, 2.75) is 32.2 Å². The van der Waals surface area contributed by atoms with Gasteiger partial charge in [-0.15, -0.1) is 0 Å². The molecule has 0 aliphatic carbocycles. The Bertz CT molecular complexity index is 507. The summed E-state index contributed by atoms with van der Waals surface area (Å²) in [5.41, 5.74) is 7.19. The van der Waals surface area contributed by atoms with Crippen molar-refractivity contribution in [1.82, 2.24) is 9.97 Å². The van der Waals surface area contributed by atoms with Crippen molar-refractivity contribution in [3.63, 3.8) is 0 Å². The first-order valence-electron chi connectivity index (χ1n) is 5.64. The van der Waals surface area contributed by atoms with Crippen molar-refractivity contribution < 1.29 is 4.39 Å². The minimum Gasteiger partial charge on any atom is -0.340 e. The lowest BCUT2D eigenvalue weighted by Gasteiger charge is -2.23. The molecule has 2 aromatic rings. The quantitative estimate of drug-likeness (QED) is 0.912. The molecule has 1 aromatic carbocycles. The smallest absolute Gasteiger partial charge is 0.139 e. The molecule has 0 aliphatic rings. The third-order valence-corrected chi connectivity index (χ3v) is 3.87. The molecule has 0 radical (unpaired) electrons. The Hall–Kier alpha value is -0.940. The van der Waals surface area contributed by atoms with E-state index in [0.29, 0.717) is 9.99 Å². The number of rotatable bonds is 3. The van der Waals surface area contributed by atoms with Gasteiger partial charge in [-0.05, 0) is 34.8 Å². The standard InChI is InChI=1S/C12H15BrFN3/c1-3-12(15,4-2)11-16-9-5-7(13)8(14)6-10(9)17-11/h5-6H,3-4,15H2,1-2H3,(H,16,17). The number of hydrogen-bond donors (Lipinski definition) is 2. The second-order valence-electron chi connectivity index (χ2n) is 4.23. The molecular weight excluding hydrogens is 285 g/mol. The molecule has 0 bridgehead atoms. The molecule has 0 aliphatic heterocycles. The number of nitrogens with zero attached hydrogens (tertiary/aromatic N) is 1. The third-order valence-electron chi connectivity index (χ3n) is 3.26. The van der Waals surface area contributed by atoms with E-state index in [-0.39, 0.29) is 5.82 Å². The number of imidazole rings is 1. The van der Waals surface area contributed by atoms with E-state index >= 15 is 0 Å². The Morgan fingerprint density at radius 2 is 2.06 bits per heavy atom. The first kappa shape index (κ1) is 12.5. The van der Waals surface area contributed by atoms with Crippen LogP contribution in [0.2, 0.25) is 0 Å². The normalized spacial score (nSPS) is 12.3. The number of nitrogens with two attached hydrogens (primary N) is 1. The molecular formula is C12H15BrFN3. The summed E-state index contributed by atoms with van der Waals surface area (Å²) in [7, 11) is 0. The predicted octanol–water partition coefficient (Wildman–Crippen LogP) is 3.44. The van der Waals surface area contributed by atoms with E-state index in [4.69, 9.17) is 5.73 Å². The van der Waals surface area contributed by atoms with Gasteiger partial charge in [-0.1, -0.05) is 13.8 Å². The Labute approximate surface area is 108 Å². The van der Waals surface area contributed by atoms with Gasteiger partial charge >= 0.3 is 0 Å². The summed E-state index contributed by atoms with van der Waals surface area (Å²) in [6.45, 7) is 4.04. The maximum atomic E-state index is 13.4. The fourth-order valence-corrected chi connectivity index (χ4v) is 2.16. The zero-order chi connectivity index (χ0) is 12.6. The van der Waals surface area contributed by atoms with Crippen LogP contribution in [0.25, 0.3) is 11.0 Å². The molecule has 0 fully saturated rings. The van der Waals surface area contributed by atoms with Gasteiger partial charge in [0.25, 0.3) is 0 Å². The van der Waals surface area contributed by atoms with E-state index < -0.39 is 5.54 Å². The number of halogens is 2. The summed E-state index contributed by atoms with van der Waals surface area (Å²) in [6.07, 6.45) is 1.57. The van der Waals surface area contributed by atoms with Crippen LogP contribution in [0.4, 0.5) is 4.39 Å². The number of H-pyrrole nitrogens is 1. The lowest BCUT2D eigenvalue weighted by molar-refractivity contribution is 0.392. The summed E-state index contributed by atoms with van der Waals surface area (Å²) in [5, 5.41) is 0. The van der Waals surface area contributed by atoms with Crippen molar-refractivity contribution in [2.75, 3.05) is 0 Å². The van der Waals surface area contributed by atoms with Crippen LogP contribution in [0.5, 0.6) is 0 Å². The average molecular weight is 300 g/mol. The Morgan fingerprint density at radius 1 is 1.41 bits per heavy atom. The minimum atomic E-state index is -0.470. The molecule has 0 amide bonds. The van der Waals surface area contributed by atoms with E-state index in [2.05, 4.69) is 25.9 Å². The van der Waals surface area contributed by atoms with Crippen LogP contribution < -0.4 is 5.73 Å². The van der Waals surface area contributed by atoms with E-state index in [0.717, 1.165) is 24.2 Å². The highest BCUT2D eigenvalue weighted by molar-refractivity contribution is 9.10. The van der Waals surface area contributed by atoms with Crippen LogP contribution in [0.3, 0.4) is 0 Å². The van der Waals surface area contributed by atoms with Crippen LogP contribution in [-0.4, -0.2) is 9.97 Å². The summed E-state index contributed by atoms with van der Waals surface area (Å²) in [5.74, 6) is 0.415. The number of aromatic nitrogens is 2. The first-order valence-corrected chi connectivity index (χ1v) is 6.43. The highest BCUT2D eigenvalue weighted by Gasteiger charge is 2.26. The fourth-order valence-electron chi connectivity index (χ4n) is 1.83. The van der Waals surface area contributed by atoms with Crippen LogP contribution in [0, 0.1) is 5.82 Å². The van der Waals surface area contributed by atoms with Gasteiger partial charge in [-0.2, -0.15) is 0 Å². The van der Waals surface area contributed by atoms with Gasteiger partial charge < -0.3 is 10.7 Å². The van der Waals surface area contributed by atoms with Crippen LogP contribution in [0.1, 0.15) is 32.5 Å². The van der Waals surface area contributed by atoms with Crippen molar-refractivity contribution in [3.05, 3.63) is 28.2 Å². The molecule has 2 rings (SSSR count). The van der Waals surface area contributed by atoms with Crippen molar-refractivity contribution in [3.8, 4) is 0 Å². The summed E-state index contributed by atoms with van der Waals surface area (Å²) < 4.78 is 13.8. The fraction of sp³-hybridized carbons (Fsp3) is 0.417. The molecule has 1 aromatic heterocycles. The van der Waals surface area contributed by atoms with Crippen LogP contribution >= 0.6 is 15.9 Å². The van der Waals surface area contributed by atoms with Crippen LogP contribution in [0.15, 0.2) is 16.6 Å². The first-order chi connectivity index (χ1) is 8.00. The van der Waals surface area contributed by atoms with Gasteiger partial charge in [0.05, 0.1) is 21.0 Å². The average Bonchev–Trinajstić information content (AvgIpc) is 2.72. The van der Waals surface area contributed by atoms with E-state index in [1.54, 1.807) is 6.07 Å². The molecule has 92 valence electrons. The second-order valence-corrected chi connectivity index (χ2v) is 5.09. The highest BCUT2D eigenvalue weighted by atomic mass is 79.9. The van der Waals surface area contributed by atoms with Gasteiger partial charge in [0.1, 0.15) is 11.6 Å².